The second-order valence-electron chi connectivity index (χ2n) is 8.66. The van der Waals surface area contributed by atoms with Crippen LogP contribution < -0.4 is 16.4 Å². The van der Waals surface area contributed by atoms with Crippen molar-refractivity contribution < 1.29 is 4.79 Å². The van der Waals surface area contributed by atoms with Gasteiger partial charge in [-0.1, -0.05) is 59.1 Å². The van der Waals surface area contributed by atoms with Crippen molar-refractivity contribution in [2.24, 2.45) is 0 Å². The van der Waals surface area contributed by atoms with Crippen LogP contribution in [0.25, 0.3) is 21.3 Å². The standard InChI is InChI=1S/C29H22ClN5OS/c1-16-3-11-20(12-4-16)33-28(36)24-25-26(37-29(24)34-21-13-5-17(2)6-14-21)23(22(15-31)27(32)35-25)18-7-9-19(30)10-8-18/h3-14,34H,1-2H3,(H2,32,35)(H,33,36). The number of amides is 1. The molecule has 6 nitrogen and oxygen atoms in total. The maximum Gasteiger partial charge on any atom is 0.260 e. The van der Waals surface area contributed by atoms with Gasteiger partial charge in [-0.25, -0.2) is 4.98 Å². The third-order valence-electron chi connectivity index (χ3n) is 5.94. The molecule has 0 bridgehead atoms. The van der Waals surface area contributed by atoms with Gasteiger partial charge in [0.2, 0.25) is 0 Å². The van der Waals surface area contributed by atoms with Crippen LogP contribution in [0, 0.1) is 25.2 Å². The van der Waals surface area contributed by atoms with Gasteiger partial charge < -0.3 is 16.4 Å². The Bertz CT molecular complexity index is 1670. The van der Waals surface area contributed by atoms with Gasteiger partial charge in [0.1, 0.15) is 28.0 Å². The van der Waals surface area contributed by atoms with E-state index < -0.39 is 0 Å². The van der Waals surface area contributed by atoms with Crippen LogP contribution >= 0.6 is 22.9 Å². The van der Waals surface area contributed by atoms with Crippen LogP contribution in [0.15, 0.2) is 72.8 Å². The lowest BCUT2D eigenvalue weighted by molar-refractivity contribution is 0.102. The summed E-state index contributed by atoms with van der Waals surface area (Å²) in [6, 6.07) is 24.8. The molecule has 4 N–H and O–H groups in total. The van der Waals surface area contributed by atoms with E-state index in [4.69, 9.17) is 17.3 Å². The molecule has 5 aromatic rings. The SMILES string of the molecule is Cc1ccc(NC(=O)c2c(Nc3ccc(C)cc3)sc3c(-c4ccc(Cl)cc4)c(C#N)c(N)nc23)cc1. The van der Waals surface area contributed by atoms with Crippen LogP contribution in [0.4, 0.5) is 22.2 Å². The molecule has 2 aromatic heterocycles. The topological polar surface area (TPSA) is 104 Å². The molecule has 0 aliphatic heterocycles. The number of nitrogens with zero attached hydrogens (tertiary/aromatic N) is 2. The number of rotatable bonds is 5. The number of halogens is 1. The summed E-state index contributed by atoms with van der Waals surface area (Å²) in [5, 5.41) is 17.5. The number of nitrogens with two attached hydrogens (primary N) is 1. The Morgan fingerprint density at radius 3 is 2.14 bits per heavy atom. The number of nitrogen functional groups attached to an aromatic ring is 1. The first kappa shape index (κ1) is 24.3. The van der Waals surface area contributed by atoms with Gasteiger partial charge in [0.05, 0.1) is 10.2 Å². The van der Waals surface area contributed by atoms with Gasteiger partial charge in [0.15, 0.2) is 0 Å². The summed E-state index contributed by atoms with van der Waals surface area (Å²) in [4.78, 5) is 18.2. The van der Waals surface area contributed by atoms with Crippen LogP contribution in [0.3, 0.4) is 0 Å². The van der Waals surface area contributed by atoms with Crippen LogP contribution in [0.2, 0.25) is 5.02 Å². The molecule has 5 rings (SSSR count). The summed E-state index contributed by atoms with van der Waals surface area (Å²) in [6.07, 6.45) is 0. The molecular formula is C29H22ClN5OS. The Balaban J connectivity index is 1.73. The number of nitrogens with one attached hydrogen (secondary N) is 2. The van der Waals surface area contributed by atoms with Crippen molar-refractivity contribution in [2.45, 2.75) is 13.8 Å². The zero-order chi connectivity index (χ0) is 26.1. The molecule has 0 unspecified atom stereocenters. The lowest BCUT2D eigenvalue weighted by Crippen LogP contribution is -2.13. The smallest absolute Gasteiger partial charge is 0.260 e. The Hall–Kier alpha value is -4.38. The number of nitriles is 1. The van der Waals surface area contributed by atoms with Crippen LogP contribution in [0.5, 0.6) is 0 Å². The van der Waals surface area contributed by atoms with Crippen molar-refractivity contribution in [3.05, 3.63) is 100 Å². The maximum absolute atomic E-state index is 13.7. The fraction of sp³-hybridized carbons (Fsp3) is 0.0690. The highest BCUT2D eigenvalue weighted by atomic mass is 35.5. The van der Waals surface area contributed by atoms with E-state index in [0.717, 1.165) is 22.4 Å². The maximum atomic E-state index is 13.7. The number of aromatic nitrogens is 1. The summed E-state index contributed by atoms with van der Waals surface area (Å²) >= 11 is 7.47. The number of benzene rings is 3. The Kier molecular flexibility index (Phi) is 6.53. The van der Waals surface area contributed by atoms with E-state index in [1.54, 1.807) is 12.1 Å². The summed E-state index contributed by atoms with van der Waals surface area (Å²) in [5.41, 5.74) is 12.4. The fourth-order valence-corrected chi connectivity index (χ4v) is 5.38. The molecule has 0 fully saturated rings. The average Bonchev–Trinajstić information content (AvgIpc) is 3.23. The third kappa shape index (κ3) is 4.85. The highest BCUT2D eigenvalue weighted by Gasteiger charge is 2.26. The van der Waals surface area contributed by atoms with E-state index in [9.17, 15) is 10.1 Å². The number of hydrogen-bond acceptors (Lipinski definition) is 6. The molecule has 182 valence electrons. The minimum atomic E-state index is -0.330. The number of thiophene rings is 1. The molecule has 0 atom stereocenters. The number of pyridine rings is 1. The molecule has 0 radical (unpaired) electrons. The van der Waals surface area contributed by atoms with Gasteiger partial charge in [0, 0.05) is 22.0 Å². The van der Waals surface area contributed by atoms with E-state index in [1.807, 2.05) is 74.5 Å². The summed E-state index contributed by atoms with van der Waals surface area (Å²) in [5.74, 6) is -0.271. The van der Waals surface area contributed by atoms with Crippen molar-refractivity contribution in [1.82, 2.24) is 4.98 Å². The van der Waals surface area contributed by atoms with Crippen molar-refractivity contribution in [3.63, 3.8) is 0 Å². The minimum Gasteiger partial charge on any atom is -0.383 e. The number of fused-ring (bicyclic) bond motifs is 1. The van der Waals surface area contributed by atoms with Crippen molar-refractivity contribution in [1.29, 1.82) is 5.26 Å². The first-order chi connectivity index (χ1) is 17.8. The minimum absolute atomic E-state index is 0.0593. The molecule has 2 heterocycles. The molecular weight excluding hydrogens is 502 g/mol. The highest BCUT2D eigenvalue weighted by Crippen LogP contribution is 2.44. The van der Waals surface area contributed by atoms with E-state index in [0.29, 0.717) is 37.1 Å². The second kappa shape index (κ2) is 9.94. The molecule has 3 aromatic carbocycles. The molecule has 8 heteroatoms. The summed E-state index contributed by atoms with van der Waals surface area (Å²) < 4.78 is 0.678. The Morgan fingerprint density at radius 1 is 0.946 bits per heavy atom. The number of aryl methyl sites for hydroxylation is 2. The highest BCUT2D eigenvalue weighted by molar-refractivity contribution is 7.24. The molecule has 37 heavy (non-hydrogen) atoms. The quantitative estimate of drug-likeness (QED) is 0.219. The van der Waals surface area contributed by atoms with Crippen LogP contribution in [-0.2, 0) is 0 Å². The number of hydrogen-bond donors (Lipinski definition) is 3. The van der Waals surface area contributed by atoms with E-state index in [2.05, 4.69) is 21.7 Å². The Labute approximate surface area is 223 Å². The van der Waals surface area contributed by atoms with Gasteiger partial charge in [-0.2, -0.15) is 5.26 Å². The second-order valence-corrected chi connectivity index (χ2v) is 10.1. The van der Waals surface area contributed by atoms with Gasteiger partial charge in [0.25, 0.3) is 5.91 Å². The first-order valence-corrected chi connectivity index (χ1v) is 12.7. The van der Waals surface area contributed by atoms with E-state index in [-0.39, 0.29) is 17.3 Å². The number of carbonyl (C=O) groups excluding carboxylic acids is 1. The summed E-state index contributed by atoms with van der Waals surface area (Å²) in [7, 11) is 0. The molecule has 0 saturated carbocycles. The zero-order valence-electron chi connectivity index (χ0n) is 20.1. The van der Waals surface area contributed by atoms with E-state index >= 15 is 0 Å². The van der Waals surface area contributed by atoms with Crippen molar-refractivity contribution >= 4 is 61.3 Å². The fourth-order valence-electron chi connectivity index (χ4n) is 4.02. The van der Waals surface area contributed by atoms with Gasteiger partial charge in [-0.15, -0.1) is 11.3 Å². The lowest BCUT2D eigenvalue weighted by Gasteiger charge is -2.10. The molecule has 0 aliphatic rings. The lowest BCUT2D eigenvalue weighted by atomic mass is 10.00. The largest absolute Gasteiger partial charge is 0.383 e. The average molecular weight is 524 g/mol. The molecule has 0 spiro atoms. The zero-order valence-corrected chi connectivity index (χ0v) is 21.7. The third-order valence-corrected chi connectivity index (χ3v) is 7.30. The first-order valence-electron chi connectivity index (χ1n) is 11.5. The predicted molar refractivity (Wildman–Crippen MR) is 153 cm³/mol. The molecule has 0 aliphatic carbocycles. The van der Waals surface area contributed by atoms with E-state index in [1.165, 1.54) is 11.3 Å². The summed E-state index contributed by atoms with van der Waals surface area (Å²) in [6.45, 7) is 4.00. The van der Waals surface area contributed by atoms with Crippen molar-refractivity contribution in [2.75, 3.05) is 16.4 Å². The number of anilines is 4. The van der Waals surface area contributed by atoms with Crippen LogP contribution in [-0.4, -0.2) is 10.9 Å². The van der Waals surface area contributed by atoms with Crippen molar-refractivity contribution in [3.8, 4) is 17.2 Å². The molecule has 0 saturated heterocycles. The predicted octanol–water partition coefficient (Wildman–Crippen LogP) is 7.68. The van der Waals surface area contributed by atoms with Crippen LogP contribution in [0.1, 0.15) is 27.0 Å². The van der Waals surface area contributed by atoms with Gasteiger partial charge in [-0.3, -0.25) is 4.79 Å². The Morgan fingerprint density at radius 2 is 1.54 bits per heavy atom. The van der Waals surface area contributed by atoms with Gasteiger partial charge in [-0.05, 0) is 55.8 Å². The number of carbonyl (C=O) groups is 1. The molecule has 1 amide bonds. The normalized spacial score (nSPS) is 10.8. The monoisotopic (exact) mass is 523 g/mol. The van der Waals surface area contributed by atoms with Gasteiger partial charge >= 0.3 is 0 Å².